The second-order valence-corrected chi connectivity index (χ2v) is 5.66. The molecule has 2 heterocycles. The number of aryl methyl sites for hydroxylation is 1. The molecule has 0 aliphatic carbocycles. The van der Waals surface area contributed by atoms with Crippen LogP contribution in [0.2, 0.25) is 0 Å². The van der Waals surface area contributed by atoms with Crippen LogP contribution in [-0.4, -0.2) is 35.2 Å². The van der Waals surface area contributed by atoms with E-state index < -0.39 is 17.9 Å². The van der Waals surface area contributed by atoms with Crippen LogP contribution in [0.1, 0.15) is 16.7 Å². The Morgan fingerprint density at radius 3 is 2.84 bits per heavy atom. The number of piperazine rings is 1. The van der Waals surface area contributed by atoms with Crippen molar-refractivity contribution < 1.29 is 14.4 Å². The molecule has 1 saturated heterocycles. The van der Waals surface area contributed by atoms with Gasteiger partial charge in [0, 0.05) is 15.8 Å². The summed E-state index contributed by atoms with van der Waals surface area (Å²) in [4.78, 5) is 38.1. The van der Waals surface area contributed by atoms with Crippen molar-refractivity contribution in [3.8, 4) is 0 Å². The Hall–Kier alpha value is -1.95. The van der Waals surface area contributed by atoms with Gasteiger partial charge in [-0.05, 0) is 32.1 Å². The van der Waals surface area contributed by atoms with Gasteiger partial charge in [-0.3, -0.25) is 19.7 Å². The molecule has 6 heteroatoms. The fourth-order valence-electron chi connectivity index (χ4n) is 1.78. The lowest BCUT2D eigenvalue weighted by Crippen LogP contribution is -2.58. The molecule has 0 bridgehead atoms. The summed E-state index contributed by atoms with van der Waals surface area (Å²) in [5, 5.41) is 2.20. The van der Waals surface area contributed by atoms with Crippen LogP contribution in [0.25, 0.3) is 6.08 Å². The highest BCUT2D eigenvalue weighted by atomic mass is 32.1. The van der Waals surface area contributed by atoms with Gasteiger partial charge in [0.25, 0.3) is 0 Å². The lowest BCUT2D eigenvalue weighted by Gasteiger charge is -2.30. The zero-order valence-electron chi connectivity index (χ0n) is 10.7. The molecule has 0 radical (unpaired) electrons. The van der Waals surface area contributed by atoms with Crippen LogP contribution in [0.3, 0.4) is 0 Å². The largest absolute Gasteiger partial charge is 0.318 e. The van der Waals surface area contributed by atoms with Crippen LogP contribution >= 0.6 is 11.3 Å². The van der Waals surface area contributed by atoms with Crippen LogP contribution in [0.15, 0.2) is 18.2 Å². The maximum absolute atomic E-state index is 12.0. The zero-order chi connectivity index (χ0) is 14.0. The van der Waals surface area contributed by atoms with Crippen LogP contribution in [0.4, 0.5) is 0 Å². The van der Waals surface area contributed by atoms with Crippen molar-refractivity contribution in [2.24, 2.45) is 0 Å². The van der Waals surface area contributed by atoms with Gasteiger partial charge in [0.2, 0.25) is 17.7 Å². The number of imide groups is 1. The number of hydrogen-bond acceptors (Lipinski definition) is 4. The van der Waals surface area contributed by atoms with Crippen molar-refractivity contribution in [2.75, 3.05) is 6.54 Å². The number of rotatable bonds is 2. The first-order valence-electron chi connectivity index (χ1n) is 5.86. The van der Waals surface area contributed by atoms with E-state index in [0.717, 1.165) is 9.75 Å². The molecule has 19 heavy (non-hydrogen) atoms. The predicted octanol–water partition coefficient (Wildman–Crippen LogP) is 0.943. The van der Waals surface area contributed by atoms with Gasteiger partial charge in [0.15, 0.2) is 0 Å². The molecule has 2 rings (SSSR count). The standard InChI is InChI=1S/C13H14N2O3S/c1-8-3-4-10(19-8)5-6-12(17)15-7-11(16)14-13(18)9(15)2/h3-6,9H,7H2,1-2H3,(H,14,16,18). The molecule has 100 valence electrons. The van der Waals surface area contributed by atoms with E-state index in [2.05, 4.69) is 5.32 Å². The summed E-state index contributed by atoms with van der Waals surface area (Å²) in [5.41, 5.74) is 0. The quantitative estimate of drug-likeness (QED) is 0.647. The topological polar surface area (TPSA) is 66.5 Å². The lowest BCUT2D eigenvalue weighted by molar-refractivity contribution is -0.147. The molecule has 1 aliphatic rings. The molecule has 0 saturated carbocycles. The van der Waals surface area contributed by atoms with Crippen LogP contribution < -0.4 is 5.32 Å². The van der Waals surface area contributed by atoms with E-state index in [0.29, 0.717) is 0 Å². The van der Waals surface area contributed by atoms with E-state index >= 15 is 0 Å². The molecule has 1 unspecified atom stereocenters. The maximum atomic E-state index is 12.0. The number of nitrogens with one attached hydrogen (secondary N) is 1. The Bertz CT molecular complexity index is 562. The van der Waals surface area contributed by atoms with Gasteiger partial charge in [0.1, 0.15) is 12.6 Å². The minimum Gasteiger partial charge on any atom is -0.318 e. The Morgan fingerprint density at radius 2 is 2.21 bits per heavy atom. The second kappa shape index (κ2) is 5.36. The summed E-state index contributed by atoms with van der Waals surface area (Å²) in [6.45, 7) is 3.50. The maximum Gasteiger partial charge on any atom is 0.249 e. The highest BCUT2D eigenvalue weighted by molar-refractivity contribution is 7.12. The third kappa shape index (κ3) is 3.08. The van der Waals surface area contributed by atoms with E-state index in [4.69, 9.17) is 0 Å². The van der Waals surface area contributed by atoms with Crippen molar-refractivity contribution in [3.05, 3.63) is 28.0 Å². The molecule has 1 aliphatic heterocycles. The molecule has 5 nitrogen and oxygen atoms in total. The summed E-state index contributed by atoms with van der Waals surface area (Å²) >= 11 is 1.57. The van der Waals surface area contributed by atoms with Crippen LogP contribution in [-0.2, 0) is 14.4 Å². The fraction of sp³-hybridized carbons (Fsp3) is 0.308. The van der Waals surface area contributed by atoms with Crippen LogP contribution in [0, 0.1) is 6.92 Å². The summed E-state index contributed by atoms with van der Waals surface area (Å²) in [6, 6.07) is 3.26. The number of carbonyl (C=O) groups is 3. The summed E-state index contributed by atoms with van der Waals surface area (Å²) in [5.74, 6) is -1.22. The number of nitrogens with zero attached hydrogens (tertiary/aromatic N) is 1. The monoisotopic (exact) mass is 278 g/mol. The molecule has 0 spiro atoms. The highest BCUT2D eigenvalue weighted by Crippen LogP contribution is 2.16. The first kappa shape index (κ1) is 13.5. The summed E-state index contributed by atoms with van der Waals surface area (Å²) in [6.07, 6.45) is 3.09. The smallest absolute Gasteiger partial charge is 0.249 e. The van der Waals surface area contributed by atoms with Gasteiger partial charge in [-0.1, -0.05) is 0 Å². The number of carbonyl (C=O) groups excluding carboxylic acids is 3. The van der Waals surface area contributed by atoms with E-state index in [9.17, 15) is 14.4 Å². The normalized spacial score (nSPS) is 19.9. The minimum absolute atomic E-state index is 0.0838. The molecule has 1 atom stereocenters. The van der Waals surface area contributed by atoms with Gasteiger partial charge >= 0.3 is 0 Å². The molecule has 1 aromatic heterocycles. The lowest BCUT2D eigenvalue weighted by atomic mass is 10.2. The molecule has 1 fully saturated rings. The van der Waals surface area contributed by atoms with E-state index in [1.54, 1.807) is 24.3 Å². The predicted molar refractivity (Wildman–Crippen MR) is 72.4 cm³/mol. The van der Waals surface area contributed by atoms with E-state index in [1.807, 2.05) is 19.1 Å². The van der Waals surface area contributed by atoms with Gasteiger partial charge in [0.05, 0.1) is 0 Å². The molecule has 3 amide bonds. The average Bonchev–Trinajstić information content (AvgIpc) is 2.76. The molecule has 0 aromatic carbocycles. The van der Waals surface area contributed by atoms with Gasteiger partial charge < -0.3 is 4.90 Å². The molecule has 1 aromatic rings. The first-order valence-corrected chi connectivity index (χ1v) is 6.68. The van der Waals surface area contributed by atoms with E-state index in [1.165, 1.54) is 11.0 Å². The Labute approximate surface area is 114 Å². The number of amides is 3. The van der Waals surface area contributed by atoms with Gasteiger partial charge in [-0.15, -0.1) is 11.3 Å². The minimum atomic E-state index is -0.625. The first-order chi connectivity index (χ1) is 8.97. The van der Waals surface area contributed by atoms with E-state index in [-0.39, 0.29) is 12.5 Å². The summed E-state index contributed by atoms with van der Waals surface area (Å²) in [7, 11) is 0. The molecular weight excluding hydrogens is 264 g/mol. The highest BCUT2D eigenvalue weighted by Gasteiger charge is 2.32. The fourth-order valence-corrected chi connectivity index (χ4v) is 2.56. The van der Waals surface area contributed by atoms with Crippen molar-refractivity contribution in [1.82, 2.24) is 10.2 Å². The third-order valence-electron chi connectivity index (χ3n) is 2.86. The third-order valence-corrected chi connectivity index (χ3v) is 3.82. The SMILES string of the molecule is Cc1ccc(C=CC(=O)N2CC(=O)NC(=O)C2C)s1. The van der Waals surface area contributed by atoms with Crippen molar-refractivity contribution in [1.29, 1.82) is 0 Å². The molecule has 1 N–H and O–H groups in total. The Balaban J connectivity index is 2.08. The zero-order valence-corrected chi connectivity index (χ0v) is 11.5. The molecular formula is C13H14N2O3S. The number of hydrogen-bond donors (Lipinski definition) is 1. The van der Waals surface area contributed by atoms with Gasteiger partial charge in [-0.25, -0.2) is 0 Å². The summed E-state index contributed by atoms with van der Waals surface area (Å²) < 4.78 is 0. The Morgan fingerprint density at radius 1 is 1.47 bits per heavy atom. The van der Waals surface area contributed by atoms with Gasteiger partial charge in [-0.2, -0.15) is 0 Å². The van der Waals surface area contributed by atoms with Crippen molar-refractivity contribution in [2.45, 2.75) is 19.9 Å². The Kier molecular flexibility index (Phi) is 3.80. The second-order valence-electron chi connectivity index (χ2n) is 4.34. The van der Waals surface area contributed by atoms with Crippen molar-refractivity contribution in [3.63, 3.8) is 0 Å². The average molecular weight is 278 g/mol. The van der Waals surface area contributed by atoms with Crippen molar-refractivity contribution >= 4 is 35.1 Å². The van der Waals surface area contributed by atoms with Crippen LogP contribution in [0.5, 0.6) is 0 Å². The number of thiophene rings is 1.